The Hall–Kier alpha value is -2.43. The third-order valence-electron chi connectivity index (χ3n) is 3.34. The zero-order chi connectivity index (χ0) is 16.3. The molecular formula is C17H18F2N2O. The summed E-state index contributed by atoms with van der Waals surface area (Å²) in [4.78, 5) is 12.1. The Morgan fingerprint density at radius 1 is 1.05 bits per heavy atom. The summed E-state index contributed by atoms with van der Waals surface area (Å²) in [7, 11) is 0. The second kappa shape index (κ2) is 6.56. The number of urea groups is 1. The van der Waals surface area contributed by atoms with Crippen LogP contribution in [0, 0.1) is 18.6 Å². The quantitative estimate of drug-likeness (QED) is 0.819. The molecule has 0 saturated heterocycles. The first-order chi connectivity index (χ1) is 10.4. The van der Waals surface area contributed by atoms with Gasteiger partial charge in [0, 0.05) is 17.4 Å². The highest BCUT2D eigenvalue weighted by Gasteiger charge is 2.12. The van der Waals surface area contributed by atoms with Gasteiger partial charge in [0.15, 0.2) is 11.6 Å². The maximum atomic E-state index is 13.1. The van der Waals surface area contributed by atoms with Crippen molar-refractivity contribution in [3.05, 3.63) is 59.2 Å². The maximum absolute atomic E-state index is 13.1. The predicted octanol–water partition coefficient (Wildman–Crippen LogP) is 5.04. The number of halogens is 2. The van der Waals surface area contributed by atoms with Gasteiger partial charge in [-0.1, -0.05) is 32.0 Å². The molecule has 2 aromatic carbocycles. The molecule has 22 heavy (non-hydrogen) atoms. The van der Waals surface area contributed by atoms with Gasteiger partial charge in [-0.15, -0.1) is 0 Å². The maximum Gasteiger partial charge on any atom is 0.323 e. The van der Waals surface area contributed by atoms with E-state index < -0.39 is 17.7 Å². The lowest BCUT2D eigenvalue weighted by molar-refractivity contribution is 0.262. The molecule has 0 spiro atoms. The summed E-state index contributed by atoms with van der Waals surface area (Å²) in [6, 6.07) is 8.50. The van der Waals surface area contributed by atoms with Crippen molar-refractivity contribution in [3.8, 4) is 0 Å². The fourth-order valence-corrected chi connectivity index (χ4v) is 2.19. The molecule has 0 radical (unpaired) electrons. The molecule has 0 aromatic heterocycles. The highest BCUT2D eigenvalue weighted by Crippen LogP contribution is 2.27. The molecule has 0 unspecified atom stereocenters. The van der Waals surface area contributed by atoms with Crippen LogP contribution in [0.15, 0.2) is 36.4 Å². The van der Waals surface area contributed by atoms with Crippen LogP contribution in [0.25, 0.3) is 0 Å². The van der Waals surface area contributed by atoms with E-state index in [0.717, 1.165) is 28.9 Å². The van der Waals surface area contributed by atoms with Crippen molar-refractivity contribution in [1.82, 2.24) is 0 Å². The molecule has 0 aliphatic carbocycles. The van der Waals surface area contributed by atoms with Crippen molar-refractivity contribution in [2.75, 3.05) is 10.6 Å². The number of amides is 2. The topological polar surface area (TPSA) is 41.1 Å². The van der Waals surface area contributed by atoms with E-state index in [9.17, 15) is 13.6 Å². The molecule has 0 saturated carbocycles. The molecular weight excluding hydrogens is 286 g/mol. The smallest absolute Gasteiger partial charge is 0.308 e. The first-order valence-corrected chi connectivity index (χ1v) is 7.01. The summed E-state index contributed by atoms with van der Waals surface area (Å²) in [6.45, 7) is 5.97. The fourth-order valence-electron chi connectivity index (χ4n) is 2.19. The van der Waals surface area contributed by atoms with E-state index >= 15 is 0 Å². The van der Waals surface area contributed by atoms with Crippen molar-refractivity contribution >= 4 is 17.4 Å². The van der Waals surface area contributed by atoms with E-state index in [1.54, 1.807) is 0 Å². The Morgan fingerprint density at radius 2 is 1.77 bits per heavy atom. The van der Waals surface area contributed by atoms with Crippen LogP contribution < -0.4 is 10.6 Å². The van der Waals surface area contributed by atoms with Gasteiger partial charge in [-0.2, -0.15) is 0 Å². The van der Waals surface area contributed by atoms with E-state index in [0.29, 0.717) is 0 Å². The number of para-hydroxylation sites is 1. The molecule has 2 N–H and O–H groups in total. The summed E-state index contributed by atoms with van der Waals surface area (Å²) in [5, 5.41) is 5.27. The van der Waals surface area contributed by atoms with Crippen LogP contribution in [0.4, 0.5) is 25.0 Å². The SMILES string of the molecule is Cc1cccc(C(C)C)c1NC(=O)Nc1ccc(F)c(F)c1. The summed E-state index contributed by atoms with van der Waals surface area (Å²) >= 11 is 0. The van der Waals surface area contributed by atoms with Crippen molar-refractivity contribution in [1.29, 1.82) is 0 Å². The van der Waals surface area contributed by atoms with Gasteiger partial charge in [-0.3, -0.25) is 0 Å². The highest BCUT2D eigenvalue weighted by molar-refractivity contribution is 6.00. The first kappa shape index (κ1) is 15.9. The van der Waals surface area contributed by atoms with Gasteiger partial charge < -0.3 is 10.6 Å². The van der Waals surface area contributed by atoms with Gasteiger partial charge in [0.05, 0.1) is 0 Å². The molecule has 0 heterocycles. The Kier molecular flexibility index (Phi) is 4.75. The summed E-state index contributed by atoms with van der Waals surface area (Å²) in [6.07, 6.45) is 0. The van der Waals surface area contributed by atoms with Crippen molar-refractivity contribution in [2.45, 2.75) is 26.7 Å². The fraction of sp³-hybridized carbons (Fsp3) is 0.235. The Morgan fingerprint density at radius 3 is 2.41 bits per heavy atom. The highest BCUT2D eigenvalue weighted by atomic mass is 19.2. The molecule has 2 amide bonds. The summed E-state index contributed by atoms with van der Waals surface area (Å²) in [5.41, 5.74) is 2.88. The minimum Gasteiger partial charge on any atom is -0.308 e. The Bertz CT molecular complexity index is 699. The van der Waals surface area contributed by atoms with Gasteiger partial charge in [-0.25, -0.2) is 13.6 Å². The number of hydrogen-bond acceptors (Lipinski definition) is 1. The van der Waals surface area contributed by atoms with Crippen LogP contribution in [-0.2, 0) is 0 Å². The molecule has 0 fully saturated rings. The molecule has 0 bridgehead atoms. The third kappa shape index (κ3) is 3.61. The van der Waals surface area contributed by atoms with Crippen LogP contribution in [0.3, 0.4) is 0 Å². The molecule has 0 atom stereocenters. The lowest BCUT2D eigenvalue weighted by Gasteiger charge is -2.16. The molecule has 3 nitrogen and oxygen atoms in total. The number of carbonyl (C=O) groups is 1. The standard InChI is InChI=1S/C17H18F2N2O/c1-10(2)13-6-4-5-11(3)16(13)21-17(22)20-12-7-8-14(18)15(19)9-12/h4-10H,1-3H3,(H2,20,21,22). The van der Waals surface area contributed by atoms with Crippen molar-refractivity contribution in [3.63, 3.8) is 0 Å². The molecule has 5 heteroatoms. The normalized spacial score (nSPS) is 10.6. The zero-order valence-electron chi connectivity index (χ0n) is 12.7. The van der Waals surface area contributed by atoms with Crippen LogP contribution in [-0.4, -0.2) is 6.03 Å². The minimum atomic E-state index is -1.00. The second-order valence-corrected chi connectivity index (χ2v) is 5.40. The molecule has 0 aliphatic heterocycles. The van der Waals surface area contributed by atoms with Crippen LogP contribution in [0.1, 0.15) is 30.9 Å². The van der Waals surface area contributed by atoms with E-state index in [1.807, 2.05) is 39.0 Å². The van der Waals surface area contributed by atoms with Gasteiger partial charge in [0.1, 0.15) is 0 Å². The number of hydrogen-bond donors (Lipinski definition) is 2. The van der Waals surface area contributed by atoms with Crippen LogP contribution in [0.2, 0.25) is 0 Å². The third-order valence-corrected chi connectivity index (χ3v) is 3.34. The number of anilines is 2. The molecule has 116 valence electrons. The average Bonchev–Trinajstić information content (AvgIpc) is 2.45. The van der Waals surface area contributed by atoms with Gasteiger partial charge in [0.25, 0.3) is 0 Å². The number of aryl methyl sites for hydroxylation is 1. The van der Waals surface area contributed by atoms with Gasteiger partial charge >= 0.3 is 6.03 Å². The zero-order valence-corrected chi connectivity index (χ0v) is 12.7. The van der Waals surface area contributed by atoms with E-state index in [2.05, 4.69) is 10.6 Å². The Balaban J connectivity index is 2.17. The predicted molar refractivity (Wildman–Crippen MR) is 84.3 cm³/mol. The van der Waals surface area contributed by atoms with E-state index in [1.165, 1.54) is 6.07 Å². The average molecular weight is 304 g/mol. The number of rotatable bonds is 3. The van der Waals surface area contributed by atoms with Crippen LogP contribution in [0.5, 0.6) is 0 Å². The monoisotopic (exact) mass is 304 g/mol. The van der Waals surface area contributed by atoms with E-state index in [-0.39, 0.29) is 11.6 Å². The van der Waals surface area contributed by atoms with Gasteiger partial charge in [-0.05, 0) is 36.1 Å². The number of nitrogens with one attached hydrogen (secondary N) is 2. The summed E-state index contributed by atoms with van der Waals surface area (Å²) < 4.78 is 26.0. The number of carbonyl (C=O) groups excluding carboxylic acids is 1. The summed E-state index contributed by atoms with van der Waals surface area (Å²) in [5.74, 6) is -1.71. The Labute approximate surface area is 128 Å². The van der Waals surface area contributed by atoms with Crippen molar-refractivity contribution < 1.29 is 13.6 Å². The molecule has 0 aliphatic rings. The second-order valence-electron chi connectivity index (χ2n) is 5.40. The lowest BCUT2D eigenvalue weighted by Crippen LogP contribution is -2.21. The van der Waals surface area contributed by atoms with E-state index in [4.69, 9.17) is 0 Å². The molecule has 2 rings (SSSR count). The van der Waals surface area contributed by atoms with Crippen LogP contribution >= 0.6 is 0 Å². The first-order valence-electron chi connectivity index (χ1n) is 7.01. The minimum absolute atomic E-state index is 0.191. The largest absolute Gasteiger partial charge is 0.323 e. The lowest BCUT2D eigenvalue weighted by atomic mass is 9.98. The number of benzene rings is 2. The van der Waals surface area contributed by atoms with Gasteiger partial charge in [0.2, 0.25) is 0 Å². The molecule has 2 aromatic rings. The van der Waals surface area contributed by atoms with Crippen molar-refractivity contribution in [2.24, 2.45) is 0 Å².